The van der Waals surface area contributed by atoms with Gasteiger partial charge in [0.25, 0.3) is 0 Å². The SMILES string of the molecule is CNCCC1C2=C(CCCC2)c2c(C)cc(C)c(OC)c21. The van der Waals surface area contributed by atoms with E-state index < -0.39 is 0 Å². The monoisotopic (exact) mass is 285 g/mol. The maximum Gasteiger partial charge on any atom is 0.126 e. The number of hydrogen-bond donors (Lipinski definition) is 1. The van der Waals surface area contributed by atoms with E-state index in [4.69, 9.17) is 4.74 Å². The Morgan fingerprint density at radius 1 is 1.19 bits per heavy atom. The minimum Gasteiger partial charge on any atom is -0.496 e. The fourth-order valence-corrected chi connectivity index (χ4v) is 4.39. The number of ether oxygens (including phenoxy) is 1. The van der Waals surface area contributed by atoms with Crippen LogP contribution in [0.5, 0.6) is 5.75 Å². The van der Waals surface area contributed by atoms with Gasteiger partial charge in [-0.2, -0.15) is 0 Å². The molecule has 0 radical (unpaired) electrons. The summed E-state index contributed by atoms with van der Waals surface area (Å²) in [6.07, 6.45) is 6.41. The lowest BCUT2D eigenvalue weighted by molar-refractivity contribution is 0.403. The lowest BCUT2D eigenvalue weighted by Gasteiger charge is -2.21. The molecule has 114 valence electrons. The van der Waals surface area contributed by atoms with Crippen molar-refractivity contribution < 1.29 is 4.74 Å². The molecule has 0 heterocycles. The Hall–Kier alpha value is -1.28. The lowest BCUT2D eigenvalue weighted by Crippen LogP contribution is -2.14. The summed E-state index contributed by atoms with van der Waals surface area (Å²) < 4.78 is 5.81. The molecule has 1 atom stereocenters. The van der Waals surface area contributed by atoms with Gasteiger partial charge >= 0.3 is 0 Å². The van der Waals surface area contributed by atoms with Gasteiger partial charge in [-0.25, -0.2) is 0 Å². The minimum absolute atomic E-state index is 0.566. The predicted octanol–water partition coefficient (Wildman–Crippen LogP) is 4.35. The van der Waals surface area contributed by atoms with Crippen LogP contribution in [0, 0.1) is 13.8 Å². The normalized spacial score (nSPS) is 20.5. The minimum atomic E-state index is 0.566. The summed E-state index contributed by atoms with van der Waals surface area (Å²) in [5, 5.41) is 3.32. The van der Waals surface area contributed by atoms with Gasteiger partial charge in [-0.1, -0.05) is 11.6 Å². The molecule has 0 spiro atoms. The van der Waals surface area contributed by atoms with Crippen LogP contribution < -0.4 is 10.1 Å². The molecule has 0 saturated heterocycles. The van der Waals surface area contributed by atoms with Crippen molar-refractivity contribution >= 4 is 5.57 Å². The number of benzene rings is 1. The number of aryl methyl sites for hydroxylation is 2. The quantitative estimate of drug-likeness (QED) is 0.888. The second-order valence-electron chi connectivity index (χ2n) is 6.49. The van der Waals surface area contributed by atoms with E-state index >= 15 is 0 Å². The molecule has 0 saturated carbocycles. The van der Waals surface area contributed by atoms with E-state index in [1.165, 1.54) is 54.4 Å². The van der Waals surface area contributed by atoms with E-state index in [-0.39, 0.29) is 0 Å². The average molecular weight is 285 g/mol. The molecule has 0 bridgehead atoms. The highest BCUT2D eigenvalue weighted by molar-refractivity contribution is 5.83. The first kappa shape index (κ1) is 14.6. The Morgan fingerprint density at radius 2 is 1.95 bits per heavy atom. The van der Waals surface area contributed by atoms with Gasteiger partial charge in [0.1, 0.15) is 5.75 Å². The van der Waals surface area contributed by atoms with Crippen LogP contribution in [0.4, 0.5) is 0 Å². The van der Waals surface area contributed by atoms with Crippen LogP contribution in [0.3, 0.4) is 0 Å². The molecule has 1 aromatic rings. The van der Waals surface area contributed by atoms with Gasteiger partial charge in [0.15, 0.2) is 0 Å². The third kappa shape index (κ3) is 2.30. The van der Waals surface area contributed by atoms with E-state index in [1.54, 1.807) is 11.1 Å². The van der Waals surface area contributed by atoms with Gasteiger partial charge in [-0.15, -0.1) is 0 Å². The van der Waals surface area contributed by atoms with Gasteiger partial charge in [0.05, 0.1) is 7.11 Å². The summed E-state index contributed by atoms with van der Waals surface area (Å²) in [7, 11) is 3.87. The van der Waals surface area contributed by atoms with E-state index in [1.807, 2.05) is 14.2 Å². The highest BCUT2D eigenvalue weighted by Crippen LogP contribution is 2.54. The van der Waals surface area contributed by atoms with Crippen LogP contribution in [0.2, 0.25) is 0 Å². The zero-order valence-electron chi connectivity index (χ0n) is 13.8. The molecule has 0 fully saturated rings. The van der Waals surface area contributed by atoms with E-state index in [2.05, 4.69) is 25.2 Å². The number of methoxy groups -OCH3 is 1. The summed E-state index contributed by atoms with van der Waals surface area (Å²) in [5.41, 5.74) is 9.07. The smallest absolute Gasteiger partial charge is 0.126 e. The molecule has 0 amide bonds. The summed E-state index contributed by atoms with van der Waals surface area (Å²) in [5.74, 6) is 1.70. The van der Waals surface area contributed by atoms with Crippen molar-refractivity contribution in [1.82, 2.24) is 5.32 Å². The highest BCUT2D eigenvalue weighted by atomic mass is 16.5. The van der Waals surface area contributed by atoms with Crippen LogP contribution in [0.1, 0.15) is 60.3 Å². The van der Waals surface area contributed by atoms with Crippen molar-refractivity contribution in [3.63, 3.8) is 0 Å². The number of rotatable bonds is 4. The van der Waals surface area contributed by atoms with Gasteiger partial charge in [0, 0.05) is 11.5 Å². The Labute approximate surface area is 128 Å². The van der Waals surface area contributed by atoms with Gasteiger partial charge < -0.3 is 10.1 Å². The molecule has 1 N–H and O–H groups in total. The van der Waals surface area contributed by atoms with Gasteiger partial charge in [-0.05, 0) is 81.8 Å². The Morgan fingerprint density at radius 3 is 2.67 bits per heavy atom. The molecule has 2 aliphatic carbocycles. The highest BCUT2D eigenvalue weighted by Gasteiger charge is 2.36. The molecule has 0 aromatic heterocycles. The van der Waals surface area contributed by atoms with Crippen molar-refractivity contribution in [1.29, 1.82) is 0 Å². The van der Waals surface area contributed by atoms with Crippen molar-refractivity contribution in [3.8, 4) is 5.75 Å². The number of allylic oxidation sites excluding steroid dienone is 2. The van der Waals surface area contributed by atoms with Crippen molar-refractivity contribution in [2.45, 2.75) is 51.9 Å². The Balaban J connectivity index is 2.17. The molecular weight excluding hydrogens is 258 g/mol. The number of fused-ring (bicyclic) bond motifs is 2. The maximum absolute atomic E-state index is 5.81. The molecule has 1 unspecified atom stereocenters. The summed E-state index contributed by atoms with van der Waals surface area (Å²) >= 11 is 0. The summed E-state index contributed by atoms with van der Waals surface area (Å²) in [4.78, 5) is 0. The Kier molecular flexibility index (Phi) is 4.08. The van der Waals surface area contributed by atoms with Crippen LogP contribution in [-0.4, -0.2) is 20.7 Å². The number of hydrogen-bond acceptors (Lipinski definition) is 2. The van der Waals surface area contributed by atoms with Gasteiger partial charge in [-0.3, -0.25) is 0 Å². The Bertz CT molecular complexity index is 586. The van der Waals surface area contributed by atoms with Crippen LogP contribution in [0.25, 0.3) is 5.57 Å². The van der Waals surface area contributed by atoms with E-state index in [9.17, 15) is 0 Å². The summed E-state index contributed by atoms with van der Waals surface area (Å²) in [6, 6.07) is 2.30. The van der Waals surface area contributed by atoms with Crippen molar-refractivity contribution in [3.05, 3.63) is 33.9 Å². The zero-order valence-corrected chi connectivity index (χ0v) is 13.8. The molecular formula is C19H27NO. The molecule has 2 nitrogen and oxygen atoms in total. The summed E-state index contributed by atoms with van der Waals surface area (Å²) in [6.45, 7) is 5.51. The first-order valence-corrected chi connectivity index (χ1v) is 8.24. The fraction of sp³-hybridized carbons (Fsp3) is 0.579. The van der Waals surface area contributed by atoms with E-state index in [0.717, 1.165) is 12.3 Å². The largest absolute Gasteiger partial charge is 0.496 e. The van der Waals surface area contributed by atoms with Crippen LogP contribution in [0.15, 0.2) is 11.6 Å². The van der Waals surface area contributed by atoms with Crippen molar-refractivity contribution in [2.24, 2.45) is 0 Å². The van der Waals surface area contributed by atoms with Gasteiger partial charge in [0.2, 0.25) is 0 Å². The lowest BCUT2D eigenvalue weighted by atomic mass is 9.86. The standard InChI is InChI=1S/C19H27NO/c1-12-11-13(2)19(21-4)18-16(9-10-20-3)14-7-5-6-8-15(14)17(12)18/h11,16,20H,5-10H2,1-4H3. The molecule has 1 aromatic carbocycles. The van der Waals surface area contributed by atoms with Crippen LogP contribution in [-0.2, 0) is 0 Å². The predicted molar refractivity (Wildman–Crippen MR) is 89.1 cm³/mol. The first-order valence-electron chi connectivity index (χ1n) is 8.24. The van der Waals surface area contributed by atoms with Crippen LogP contribution >= 0.6 is 0 Å². The number of nitrogens with one attached hydrogen (secondary N) is 1. The molecule has 2 aliphatic rings. The van der Waals surface area contributed by atoms with E-state index in [0.29, 0.717) is 5.92 Å². The maximum atomic E-state index is 5.81. The molecule has 2 heteroatoms. The molecule has 3 rings (SSSR count). The third-order valence-corrected chi connectivity index (χ3v) is 5.17. The van der Waals surface area contributed by atoms with Crippen molar-refractivity contribution in [2.75, 3.05) is 20.7 Å². The second-order valence-corrected chi connectivity index (χ2v) is 6.49. The average Bonchev–Trinajstić information content (AvgIpc) is 2.80. The fourth-order valence-electron chi connectivity index (χ4n) is 4.39. The molecule has 0 aliphatic heterocycles. The third-order valence-electron chi connectivity index (χ3n) is 5.17. The second kappa shape index (κ2) is 5.84. The topological polar surface area (TPSA) is 21.3 Å². The molecule has 21 heavy (non-hydrogen) atoms. The first-order chi connectivity index (χ1) is 10.2. The zero-order chi connectivity index (χ0) is 15.0.